The van der Waals surface area contributed by atoms with Gasteiger partial charge >= 0.3 is 6.18 Å². The summed E-state index contributed by atoms with van der Waals surface area (Å²) in [6, 6.07) is 29.7. The molecule has 0 aromatic heterocycles. The number of amides is 2. The highest BCUT2D eigenvalue weighted by molar-refractivity contribution is 7.99. The summed E-state index contributed by atoms with van der Waals surface area (Å²) >= 11 is 1.56. The molecule has 3 aliphatic rings. The van der Waals surface area contributed by atoms with Gasteiger partial charge in [-0.15, -0.1) is 0 Å². The molecule has 4 aromatic rings. The van der Waals surface area contributed by atoms with Crippen molar-refractivity contribution in [1.82, 2.24) is 15.1 Å². The van der Waals surface area contributed by atoms with Crippen LogP contribution in [-0.4, -0.2) is 67.1 Å². The first-order valence-electron chi connectivity index (χ1n) is 17.3. The van der Waals surface area contributed by atoms with Crippen molar-refractivity contribution in [2.45, 2.75) is 60.7 Å². The highest BCUT2D eigenvalue weighted by atomic mass is 32.2. The summed E-state index contributed by atoms with van der Waals surface area (Å²) in [5.74, 6) is -0.525. The van der Waals surface area contributed by atoms with Crippen LogP contribution >= 0.6 is 11.8 Å². The number of fused-ring (bicyclic) bond motifs is 3. The van der Waals surface area contributed by atoms with E-state index in [9.17, 15) is 22.8 Å². The number of nitrogens with one attached hydrogen (secondary N) is 1. The molecule has 0 unspecified atom stereocenters. The molecule has 50 heavy (non-hydrogen) atoms. The van der Waals surface area contributed by atoms with Gasteiger partial charge in [-0.2, -0.15) is 13.2 Å². The van der Waals surface area contributed by atoms with Crippen molar-refractivity contribution in [3.8, 4) is 0 Å². The van der Waals surface area contributed by atoms with E-state index in [1.54, 1.807) is 11.8 Å². The fourth-order valence-corrected chi connectivity index (χ4v) is 8.93. The van der Waals surface area contributed by atoms with Gasteiger partial charge in [0.25, 0.3) is 5.91 Å². The molecule has 0 spiro atoms. The van der Waals surface area contributed by atoms with Crippen LogP contribution in [0.1, 0.15) is 57.4 Å². The third-order valence-corrected chi connectivity index (χ3v) is 11.3. The van der Waals surface area contributed by atoms with Gasteiger partial charge in [-0.25, -0.2) is 0 Å². The number of benzene rings is 4. The highest BCUT2D eigenvalue weighted by Gasteiger charge is 2.47. The molecule has 4 aromatic carbocycles. The average Bonchev–Trinajstić information content (AvgIpc) is 3.42. The lowest BCUT2D eigenvalue weighted by atomic mass is 9.69. The van der Waals surface area contributed by atoms with Gasteiger partial charge in [0.05, 0.1) is 0 Å². The molecular formula is C40H41F3N4O2S. The number of aryl methyl sites for hydroxylation is 1. The summed E-state index contributed by atoms with van der Waals surface area (Å²) in [7, 11) is 0. The van der Waals surface area contributed by atoms with Crippen molar-refractivity contribution in [2.24, 2.45) is 0 Å². The number of alkyl halides is 3. The molecule has 7 rings (SSSR count). The fourth-order valence-electron chi connectivity index (χ4n) is 7.70. The molecule has 0 radical (unpaired) electrons. The lowest BCUT2D eigenvalue weighted by Gasteiger charge is -2.40. The largest absolute Gasteiger partial charge is 0.405 e. The Hall–Kier alpha value is -4.28. The first-order chi connectivity index (χ1) is 24.1. The number of anilines is 1. The molecule has 1 N–H and O–H groups in total. The summed E-state index contributed by atoms with van der Waals surface area (Å²) in [5, 5.41) is 2.25. The van der Waals surface area contributed by atoms with Crippen LogP contribution in [0.3, 0.4) is 0 Å². The molecule has 0 atom stereocenters. The molecule has 2 amide bonds. The van der Waals surface area contributed by atoms with Crippen molar-refractivity contribution in [2.75, 3.05) is 44.2 Å². The minimum Gasteiger partial charge on any atom is -0.369 e. The van der Waals surface area contributed by atoms with Crippen molar-refractivity contribution in [3.05, 3.63) is 124 Å². The van der Waals surface area contributed by atoms with E-state index in [-0.39, 0.29) is 5.91 Å². The summed E-state index contributed by atoms with van der Waals surface area (Å²) in [6.07, 6.45) is -2.59. The third-order valence-electron chi connectivity index (χ3n) is 10.2. The van der Waals surface area contributed by atoms with Gasteiger partial charge in [0.2, 0.25) is 5.91 Å². The zero-order valence-electron chi connectivity index (χ0n) is 28.1. The summed E-state index contributed by atoms with van der Waals surface area (Å²) in [4.78, 5) is 35.7. The van der Waals surface area contributed by atoms with Crippen LogP contribution in [0.15, 0.2) is 101 Å². The number of carbonyl (C=O) groups excluding carboxylic acids is 2. The van der Waals surface area contributed by atoms with Crippen LogP contribution in [0, 0.1) is 6.92 Å². The van der Waals surface area contributed by atoms with Crippen molar-refractivity contribution in [1.29, 1.82) is 0 Å². The van der Waals surface area contributed by atoms with Gasteiger partial charge in [-0.3, -0.25) is 14.5 Å². The standard InChI is InChI=1S/C40H41F3N4O2S/c1-28-9-8-10-29(23-28)25-47-26-30-15-16-31(24-32(30)37(47)48)46-21-19-45(20-22-46)18-7-6-17-39(38(49)44-27-40(41,42)43)33-11-2-4-13-35(33)50-36-14-5-3-12-34(36)39/h2-5,8-16,23-24H,6-7,17-22,25-27H2,1H3,(H,44,49). The normalized spacial score (nSPS) is 16.9. The Morgan fingerprint density at radius 1 is 0.860 bits per heavy atom. The molecule has 3 aliphatic heterocycles. The molecule has 1 saturated heterocycles. The summed E-state index contributed by atoms with van der Waals surface area (Å²) in [5.41, 5.74) is 5.56. The molecule has 10 heteroatoms. The molecule has 0 saturated carbocycles. The van der Waals surface area contributed by atoms with Crippen LogP contribution in [0.2, 0.25) is 0 Å². The molecule has 1 fully saturated rings. The van der Waals surface area contributed by atoms with Crippen LogP contribution < -0.4 is 10.2 Å². The lowest BCUT2D eigenvalue weighted by molar-refractivity contribution is -0.141. The molecular weight excluding hydrogens is 658 g/mol. The number of carbonyl (C=O) groups is 2. The SMILES string of the molecule is Cc1cccc(CN2Cc3ccc(N4CCN(CCCCC5(C(=O)NCC(F)(F)F)c6ccccc6Sc6ccccc65)CC4)cc3C2=O)c1. The Labute approximate surface area is 295 Å². The predicted octanol–water partition coefficient (Wildman–Crippen LogP) is 7.57. The molecule has 0 aliphatic carbocycles. The van der Waals surface area contributed by atoms with Gasteiger partial charge in [0.15, 0.2) is 0 Å². The number of piperazine rings is 1. The maximum atomic E-state index is 13.9. The fraction of sp³-hybridized carbons (Fsp3) is 0.350. The average molecular weight is 699 g/mol. The van der Waals surface area contributed by atoms with E-state index >= 15 is 0 Å². The number of hydrogen-bond acceptors (Lipinski definition) is 5. The quantitative estimate of drug-likeness (QED) is 0.173. The van der Waals surface area contributed by atoms with Crippen molar-refractivity contribution < 1.29 is 22.8 Å². The molecule has 3 heterocycles. The van der Waals surface area contributed by atoms with E-state index < -0.39 is 24.0 Å². The van der Waals surface area contributed by atoms with Gasteiger partial charge in [-0.05, 0) is 72.8 Å². The second kappa shape index (κ2) is 14.2. The number of unbranched alkanes of at least 4 members (excludes halogenated alkanes) is 1. The highest BCUT2D eigenvalue weighted by Crippen LogP contribution is 2.51. The zero-order chi connectivity index (χ0) is 34.9. The second-order valence-corrected chi connectivity index (χ2v) is 14.7. The second-order valence-electron chi connectivity index (χ2n) is 13.6. The van der Waals surface area contributed by atoms with E-state index in [0.29, 0.717) is 25.9 Å². The topological polar surface area (TPSA) is 55.9 Å². The summed E-state index contributed by atoms with van der Waals surface area (Å²) in [6.45, 7) is 6.16. The number of halogens is 3. The van der Waals surface area contributed by atoms with E-state index in [1.165, 1.54) is 5.56 Å². The minimum atomic E-state index is -4.50. The van der Waals surface area contributed by atoms with Crippen molar-refractivity contribution >= 4 is 29.3 Å². The van der Waals surface area contributed by atoms with Crippen LogP contribution in [0.5, 0.6) is 0 Å². The monoisotopic (exact) mass is 698 g/mol. The predicted molar refractivity (Wildman–Crippen MR) is 191 cm³/mol. The van der Waals surface area contributed by atoms with Crippen LogP contribution in [0.4, 0.5) is 18.9 Å². The lowest BCUT2D eigenvalue weighted by Crippen LogP contribution is -2.49. The first kappa shape index (κ1) is 34.2. The van der Waals surface area contributed by atoms with E-state index in [2.05, 4.69) is 52.4 Å². The number of hydrogen-bond donors (Lipinski definition) is 1. The molecule has 6 nitrogen and oxygen atoms in total. The van der Waals surface area contributed by atoms with E-state index in [4.69, 9.17) is 0 Å². The summed E-state index contributed by atoms with van der Waals surface area (Å²) < 4.78 is 39.8. The molecule has 260 valence electrons. The van der Waals surface area contributed by atoms with Crippen LogP contribution in [-0.2, 0) is 23.3 Å². The first-order valence-corrected chi connectivity index (χ1v) is 18.1. The van der Waals surface area contributed by atoms with Gasteiger partial charge in [-0.1, -0.05) is 90.5 Å². The van der Waals surface area contributed by atoms with Crippen molar-refractivity contribution in [3.63, 3.8) is 0 Å². The Kier molecular flexibility index (Phi) is 9.67. The van der Waals surface area contributed by atoms with Gasteiger partial charge < -0.3 is 15.1 Å². The third kappa shape index (κ3) is 7.01. The van der Waals surface area contributed by atoms with Gasteiger partial charge in [0, 0.05) is 60.3 Å². The Balaban J connectivity index is 0.974. The van der Waals surface area contributed by atoms with E-state index in [0.717, 1.165) is 82.4 Å². The smallest absolute Gasteiger partial charge is 0.369 e. The number of rotatable bonds is 10. The maximum Gasteiger partial charge on any atom is 0.405 e. The number of nitrogens with zero attached hydrogens (tertiary/aromatic N) is 3. The van der Waals surface area contributed by atoms with E-state index in [1.807, 2.05) is 65.6 Å². The Morgan fingerprint density at radius 2 is 1.56 bits per heavy atom. The minimum absolute atomic E-state index is 0.0775. The van der Waals surface area contributed by atoms with Gasteiger partial charge in [0.1, 0.15) is 12.0 Å². The van der Waals surface area contributed by atoms with Crippen LogP contribution in [0.25, 0.3) is 0 Å². The Bertz CT molecular complexity index is 1840. The maximum absolute atomic E-state index is 13.9. The zero-order valence-corrected chi connectivity index (χ0v) is 29.0. The molecule has 0 bridgehead atoms. The Morgan fingerprint density at radius 3 is 2.24 bits per heavy atom.